The minimum Gasteiger partial charge on any atom is -0.354 e. The van der Waals surface area contributed by atoms with Crippen molar-refractivity contribution in [2.45, 2.75) is 42.2 Å². The molecule has 112 valence electrons. The number of rotatable bonds is 3. The van der Waals surface area contributed by atoms with Crippen LogP contribution in [0.25, 0.3) is 0 Å². The molecule has 1 fully saturated rings. The number of amides is 2. The van der Waals surface area contributed by atoms with Crippen LogP contribution >= 0.6 is 11.8 Å². The molecule has 0 radical (unpaired) electrons. The minimum atomic E-state index is -1.09. The summed E-state index contributed by atoms with van der Waals surface area (Å²) in [5.41, 5.74) is 0.786. The van der Waals surface area contributed by atoms with Gasteiger partial charge in [0, 0.05) is 11.4 Å². The normalized spacial score (nSPS) is 25.3. The predicted octanol–water partition coefficient (Wildman–Crippen LogP) is 2.80. The van der Waals surface area contributed by atoms with Crippen LogP contribution in [0.3, 0.4) is 0 Å². The number of anilines is 1. The minimum absolute atomic E-state index is 0.189. The van der Waals surface area contributed by atoms with Crippen molar-refractivity contribution in [3.8, 4) is 0 Å². The van der Waals surface area contributed by atoms with Crippen LogP contribution in [0.1, 0.15) is 32.6 Å². The molecule has 21 heavy (non-hydrogen) atoms. The van der Waals surface area contributed by atoms with Gasteiger partial charge in [-0.1, -0.05) is 36.7 Å². The van der Waals surface area contributed by atoms with Crippen LogP contribution in [-0.4, -0.2) is 23.1 Å². The Morgan fingerprint density at radius 1 is 1.38 bits per heavy atom. The highest BCUT2D eigenvalue weighted by atomic mass is 32.2. The van der Waals surface area contributed by atoms with E-state index in [2.05, 4.69) is 10.6 Å². The summed E-state index contributed by atoms with van der Waals surface area (Å²) >= 11 is 1.33. The standard InChI is InChI=1S/C16H20N2O2S/c1-16(14(19)17-10-11-6-2-3-7-11)15(20)18-12-8-4-5-9-13(12)21-16/h4-5,8-9,11H,2-3,6-7,10H2,1H3,(H,17,19)(H,18,20)/t16-/m1/s1. The van der Waals surface area contributed by atoms with Crippen molar-refractivity contribution in [2.24, 2.45) is 5.92 Å². The molecule has 5 heteroatoms. The van der Waals surface area contributed by atoms with Gasteiger partial charge in [-0.15, -0.1) is 0 Å². The number of carbonyl (C=O) groups excluding carboxylic acids is 2. The quantitative estimate of drug-likeness (QED) is 0.844. The number of hydrogen-bond acceptors (Lipinski definition) is 3. The van der Waals surface area contributed by atoms with E-state index in [0.717, 1.165) is 10.6 Å². The van der Waals surface area contributed by atoms with E-state index in [1.807, 2.05) is 24.3 Å². The van der Waals surface area contributed by atoms with Crippen molar-refractivity contribution in [3.05, 3.63) is 24.3 Å². The van der Waals surface area contributed by atoms with Crippen LogP contribution in [0.15, 0.2) is 29.2 Å². The number of para-hydroxylation sites is 1. The molecule has 1 aromatic rings. The van der Waals surface area contributed by atoms with Crippen LogP contribution < -0.4 is 10.6 Å². The van der Waals surface area contributed by atoms with Gasteiger partial charge in [-0.25, -0.2) is 0 Å². The maximum atomic E-state index is 12.5. The Hall–Kier alpha value is -1.49. The van der Waals surface area contributed by atoms with E-state index in [9.17, 15) is 9.59 Å². The zero-order valence-electron chi connectivity index (χ0n) is 12.1. The van der Waals surface area contributed by atoms with Gasteiger partial charge in [0.2, 0.25) is 11.8 Å². The lowest BCUT2D eigenvalue weighted by atomic mass is 10.1. The molecule has 0 bridgehead atoms. The average molecular weight is 304 g/mol. The average Bonchev–Trinajstić information content (AvgIpc) is 2.99. The third-order valence-electron chi connectivity index (χ3n) is 4.34. The molecule has 0 spiro atoms. The van der Waals surface area contributed by atoms with Gasteiger partial charge in [0.1, 0.15) is 0 Å². The third kappa shape index (κ3) is 2.79. The maximum absolute atomic E-state index is 12.5. The summed E-state index contributed by atoms with van der Waals surface area (Å²) < 4.78 is -1.09. The van der Waals surface area contributed by atoms with Crippen LogP contribution in [0, 0.1) is 5.92 Å². The first-order chi connectivity index (χ1) is 10.1. The Morgan fingerprint density at radius 2 is 2.10 bits per heavy atom. The Balaban J connectivity index is 1.70. The molecule has 2 N–H and O–H groups in total. The Labute approximate surface area is 129 Å². The van der Waals surface area contributed by atoms with Crippen molar-refractivity contribution in [1.82, 2.24) is 5.32 Å². The molecule has 4 nitrogen and oxygen atoms in total. The van der Waals surface area contributed by atoms with Crippen molar-refractivity contribution in [1.29, 1.82) is 0 Å². The van der Waals surface area contributed by atoms with E-state index in [0.29, 0.717) is 12.5 Å². The van der Waals surface area contributed by atoms with Crippen molar-refractivity contribution in [3.63, 3.8) is 0 Å². The highest BCUT2D eigenvalue weighted by molar-refractivity contribution is 8.02. The number of nitrogens with one attached hydrogen (secondary N) is 2. The summed E-state index contributed by atoms with van der Waals surface area (Å²) in [6.07, 6.45) is 4.86. The first-order valence-corrected chi connectivity index (χ1v) is 8.29. The van der Waals surface area contributed by atoms with Gasteiger partial charge in [0.05, 0.1) is 5.69 Å². The highest BCUT2D eigenvalue weighted by Crippen LogP contribution is 2.42. The SMILES string of the molecule is C[C@]1(C(=O)NCC2CCCC2)Sc2ccccc2NC1=O. The summed E-state index contributed by atoms with van der Waals surface area (Å²) in [5.74, 6) is 0.142. The van der Waals surface area contributed by atoms with E-state index >= 15 is 0 Å². The number of thioether (sulfide) groups is 1. The van der Waals surface area contributed by atoms with E-state index in [1.54, 1.807) is 6.92 Å². The van der Waals surface area contributed by atoms with Crippen LogP contribution in [0.2, 0.25) is 0 Å². The molecule has 1 heterocycles. The largest absolute Gasteiger partial charge is 0.354 e. The smallest absolute Gasteiger partial charge is 0.250 e. The summed E-state index contributed by atoms with van der Waals surface area (Å²) in [5, 5.41) is 5.81. The van der Waals surface area contributed by atoms with Crippen molar-refractivity contribution >= 4 is 29.3 Å². The van der Waals surface area contributed by atoms with Gasteiger partial charge in [-0.2, -0.15) is 0 Å². The summed E-state index contributed by atoms with van der Waals surface area (Å²) in [6.45, 7) is 2.39. The molecule has 1 saturated carbocycles. The Kier molecular flexibility index (Phi) is 3.93. The van der Waals surface area contributed by atoms with E-state index in [4.69, 9.17) is 0 Å². The number of fused-ring (bicyclic) bond motifs is 1. The van der Waals surface area contributed by atoms with E-state index in [1.165, 1.54) is 37.4 Å². The first-order valence-electron chi connectivity index (χ1n) is 7.47. The van der Waals surface area contributed by atoms with Crippen LogP contribution in [0.4, 0.5) is 5.69 Å². The summed E-state index contributed by atoms with van der Waals surface area (Å²) in [4.78, 5) is 25.8. The molecular weight excluding hydrogens is 284 g/mol. The second-order valence-electron chi connectivity index (χ2n) is 5.95. The Morgan fingerprint density at radius 3 is 2.86 bits per heavy atom. The van der Waals surface area contributed by atoms with Gasteiger partial charge in [-0.05, 0) is 37.8 Å². The lowest BCUT2D eigenvalue weighted by Crippen LogP contribution is -2.52. The van der Waals surface area contributed by atoms with Crippen LogP contribution in [0.5, 0.6) is 0 Å². The molecule has 1 aliphatic heterocycles. The summed E-state index contributed by atoms with van der Waals surface area (Å²) in [6, 6.07) is 7.58. The van der Waals surface area contributed by atoms with Gasteiger partial charge in [0.25, 0.3) is 0 Å². The first kappa shape index (κ1) is 14.4. The fourth-order valence-electron chi connectivity index (χ4n) is 2.94. The predicted molar refractivity (Wildman–Crippen MR) is 84.3 cm³/mol. The fourth-order valence-corrected chi connectivity index (χ4v) is 4.06. The van der Waals surface area contributed by atoms with Crippen molar-refractivity contribution in [2.75, 3.05) is 11.9 Å². The molecule has 1 aliphatic carbocycles. The molecule has 0 saturated heterocycles. The molecule has 1 aromatic carbocycles. The van der Waals surface area contributed by atoms with Gasteiger partial charge in [0.15, 0.2) is 4.75 Å². The second kappa shape index (κ2) is 5.72. The number of hydrogen-bond donors (Lipinski definition) is 2. The molecular formula is C16H20N2O2S. The molecule has 1 atom stereocenters. The molecule has 0 aromatic heterocycles. The summed E-state index contributed by atoms with van der Waals surface area (Å²) in [7, 11) is 0. The van der Waals surface area contributed by atoms with E-state index in [-0.39, 0.29) is 11.8 Å². The number of benzene rings is 1. The second-order valence-corrected chi connectivity index (χ2v) is 7.41. The van der Waals surface area contributed by atoms with Gasteiger partial charge in [-0.3, -0.25) is 9.59 Å². The molecule has 2 aliphatic rings. The lowest BCUT2D eigenvalue weighted by molar-refractivity contribution is -0.130. The van der Waals surface area contributed by atoms with E-state index < -0.39 is 4.75 Å². The zero-order chi connectivity index (χ0) is 14.9. The van der Waals surface area contributed by atoms with Gasteiger partial charge >= 0.3 is 0 Å². The molecule has 0 unspecified atom stereocenters. The monoisotopic (exact) mass is 304 g/mol. The molecule has 3 rings (SSSR count). The highest BCUT2D eigenvalue weighted by Gasteiger charge is 2.45. The Bertz CT molecular complexity index is 569. The fraction of sp³-hybridized carbons (Fsp3) is 0.500. The number of carbonyl (C=O) groups is 2. The topological polar surface area (TPSA) is 58.2 Å². The lowest BCUT2D eigenvalue weighted by Gasteiger charge is -2.32. The van der Waals surface area contributed by atoms with Crippen molar-refractivity contribution < 1.29 is 9.59 Å². The third-order valence-corrected chi connectivity index (χ3v) is 5.70. The van der Waals surface area contributed by atoms with Crippen LogP contribution in [-0.2, 0) is 9.59 Å². The molecule has 2 amide bonds. The maximum Gasteiger partial charge on any atom is 0.250 e. The zero-order valence-corrected chi connectivity index (χ0v) is 13.0. The van der Waals surface area contributed by atoms with Gasteiger partial charge < -0.3 is 10.6 Å².